The van der Waals surface area contributed by atoms with Crippen LogP contribution >= 0.6 is 0 Å². The quantitative estimate of drug-likeness (QED) is 0.861. The van der Waals surface area contributed by atoms with Gasteiger partial charge >= 0.3 is 0 Å². The van der Waals surface area contributed by atoms with E-state index in [1.54, 1.807) is 0 Å². The van der Waals surface area contributed by atoms with E-state index in [2.05, 4.69) is 54.4 Å². The first kappa shape index (κ1) is 15.1. The molecule has 2 fully saturated rings. The lowest BCUT2D eigenvalue weighted by atomic mass is 9.96. The largest absolute Gasteiger partial charge is 0.311 e. The van der Waals surface area contributed by atoms with Gasteiger partial charge in [-0.1, -0.05) is 44.2 Å². The van der Waals surface area contributed by atoms with Crippen molar-refractivity contribution in [3.05, 3.63) is 35.9 Å². The van der Waals surface area contributed by atoms with Gasteiger partial charge in [-0.15, -0.1) is 0 Å². The van der Waals surface area contributed by atoms with Crippen molar-refractivity contribution in [2.75, 3.05) is 13.1 Å². The molecule has 1 N–H and O–H groups in total. The summed E-state index contributed by atoms with van der Waals surface area (Å²) in [5.41, 5.74) is 1.48. The molecular weight excluding hydrogens is 256 g/mol. The first-order valence-electron chi connectivity index (χ1n) is 8.84. The molecule has 0 aromatic heterocycles. The lowest BCUT2D eigenvalue weighted by Crippen LogP contribution is -2.60. The second kappa shape index (κ2) is 6.93. The Balaban J connectivity index is 1.70. The lowest BCUT2D eigenvalue weighted by Gasteiger charge is -2.45. The standard InChI is InChI=1S/C19H30N2/c1-3-17(4-2)21-14-19(16-10-11-16)20-13-18(21)12-15-8-6-5-7-9-15/h5-9,16-20H,3-4,10-14H2,1-2H3. The van der Waals surface area contributed by atoms with Gasteiger partial charge < -0.3 is 5.32 Å². The zero-order valence-electron chi connectivity index (χ0n) is 13.6. The zero-order valence-corrected chi connectivity index (χ0v) is 13.6. The molecule has 0 spiro atoms. The molecule has 2 nitrogen and oxygen atoms in total. The summed E-state index contributed by atoms with van der Waals surface area (Å²) in [5.74, 6) is 0.958. The zero-order chi connectivity index (χ0) is 14.7. The van der Waals surface area contributed by atoms with Gasteiger partial charge in [0, 0.05) is 31.2 Å². The molecule has 2 heteroatoms. The summed E-state index contributed by atoms with van der Waals surface area (Å²) in [6, 6.07) is 13.2. The van der Waals surface area contributed by atoms with Gasteiger partial charge in [0.25, 0.3) is 0 Å². The van der Waals surface area contributed by atoms with Crippen LogP contribution in [0.1, 0.15) is 45.1 Å². The van der Waals surface area contributed by atoms with Crippen molar-refractivity contribution in [1.29, 1.82) is 0 Å². The van der Waals surface area contributed by atoms with Crippen molar-refractivity contribution in [3.8, 4) is 0 Å². The highest BCUT2D eigenvalue weighted by atomic mass is 15.3. The van der Waals surface area contributed by atoms with Crippen molar-refractivity contribution in [3.63, 3.8) is 0 Å². The Bertz CT molecular complexity index is 422. The second-order valence-corrected chi connectivity index (χ2v) is 6.86. The number of nitrogens with zero attached hydrogens (tertiary/aromatic N) is 1. The Labute approximate surface area is 129 Å². The normalized spacial score (nSPS) is 27.2. The fraction of sp³-hybridized carbons (Fsp3) is 0.684. The molecule has 0 bridgehead atoms. The van der Waals surface area contributed by atoms with Crippen LogP contribution in [0.25, 0.3) is 0 Å². The molecule has 2 unspecified atom stereocenters. The van der Waals surface area contributed by atoms with Crippen LogP contribution in [0.4, 0.5) is 0 Å². The minimum atomic E-state index is 0.660. The highest BCUT2D eigenvalue weighted by Crippen LogP contribution is 2.35. The van der Waals surface area contributed by atoms with Crippen molar-refractivity contribution >= 4 is 0 Å². The first-order chi connectivity index (χ1) is 10.3. The van der Waals surface area contributed by atoms with Gasteiger partial charge in [-0.3, -0.25) is 4.90 Å². The van der Waals surface area contributed by atoms with E-state index >= 15 is 0 Å². The molecular formula is C19H30N2. The van der Waals surface area contributed by atoms with E-state index < -0.39 is 0 Å². The maximum absolute atomic E-state index is 3.84. The van der Waals surface area contributed by atoms with Crippen LogP contribution in [0, 0.1) is 5.92 Å². The molecule has 1 aliphatic carbocycles. The van der Waals surface area contributed by atoms with Gasteiger partial charge in [0.2, 0.25) is 0 Å². The smallest absolute Gasteiger partial charge is 0.0264 e. The van der Waals surface area contributed by atoms with Crippen LogP contribution in [0.15, 0.2) is 30.3 Å². The van der Waals surface area contributed by atoms with E-state index in [0.717, 1.165) is 24.5 Å². The van der Waals surface area contributed by atoms with Crippen molar-refractivity contribution in [2.24, 2.45) is 5.92 Å². The van der Waals surface area contributed by atoms with Crippen LogP contribution in [-0.2, 0) is 6.42 Å². The molecule has 1 saturated heterocycles. The highest BCUT2D eigenvalue weighted by molar-refractivity contribution is 5.16. The number of rotatable bonds is 6. The number of benzene rings is 1. The van der Waals surface area contributed by atoms with Gasteiger partial charge in [0.1, 0.15) is 0 Å². The fourth-order valence-electron chi connectivity index (χ4n) is 3.94. The van der Waals surface area contributed by atoms with E-state index in [4.69, 9.17) is 0 Å². The van der Waals surface area contributed by atoms with Crippen LogP contribution < -0.4 is 5.32 Å². The van der Waals surface area contributed by atoms with Gasteiger partial charge in [-0.25, -0.2) is 0 Å². The fourth-order valence-corrected chi connectivity index (χ4v) is 3.94. The first-order valence-corrected chi connectivity index (χ1v) is 8.84. The predicted octanol–water partition coefficient (Wildman–Crippen LogP) is 3.47. The summed E-state index contributed by atoms with van der Waals surface area (Å²) in [5, 5.41) is 3.84. The van der Waals surface area contributed by atoms with Crippen molar-refractivity contribution in [1.82, 2.24) is 10.2 Å². The molecule has 1 heterocycles. The average molecular weight is 286 g/mol. The second-order valence-electron chi connectivity index (χ2n) is 6.86. The summed E-state index contributed by atoms with van der Waals surface area (Å²) in [6.07, 6.45) is 6.62. The van der Waals surface area contributed by atoms with E-state index in [0.29, 0.717) is 6.04 Å². The molecule has 0 amide bonds. The number of hydrogen-bond donors (Lipinski definition) is 1. The summed E-state index contributed by atoms with van der Waals surface area (Å²) >= 11 is 0. The Morgan fingerprint density at radius 1 is 1.14 bits per heavy atom. The van der Waals surface area contributed by atoms with Gasteiger partial charge in [-0.05, 0) is 43.6 Å². The summed E-state index contributed by atoms with van der Waals surface area (Å²) in [6.45, 7) is 7.12. The number of hydrogen-bond acceptors (Lipinski definition) is 2. The van der Waals surface area contributed by atoms with Crippen molar-refractivity contribution < 1.29 is 0 Å². The van der Waals surface area contributed by atoms with E-state index in [1.165, 1.54) is 44.2 Å². The average Bonchev–Trinajstić information content (AvgIpc) is 3.36. The summed E-state index contributed by atoms with van der Waals surface area (Å²) < 4.78 is 0. The third-order valence-electron chi connectivity index (χ3n) is 5.41. The molecule has 21 heavy (non-hydrogen) atoms. The third kappa shape index (κ3) is 3.67. The third-order valence-corrected chi connectivity index (χ3v) is 5.41. The van der Waals surface area contributed by atoms with Crippen LogP contribution in [0.2, 0.25) is 0 Å². The van der Waals surface area contributed by atoms with Crippen molar-refractivity contribution in [2.45, 2.75) is 64.1 Å². The topological polar surface area (TPSA) is 15.3 Å². The molecule has 2 atom stereocenters. The van der Waals surface area contributed by atoms with Gasteiger partial charge in [-0.2, -0.15) is 0 Å². The van der Waals surface area contributed by atoms with E-state index in [1.807, 2.05) is 0 Å². The van der Waals surface area contributed by atoms with Gasteiger partial charge in [0.05, 0.1) is 0 Å². The molecule has 1 aromatic rings. The molecule has 0 radical (unpaired) electrons. The number of nitrogens with one attached hydrogen (secondary N) is 1. The Morgan fingerprint density at radius 3 is 2.48 bits per heavy atom. The van der Waals surface area contributed by atoms with E-state index in [-0.39, 0.29) is 0 Å². The van der Waals surface area contributed by atoms with Crippen LogP contribution in [0.3, 0.4) is 0 Å². The minimum Gasteiger partial charge on any atom is -0.311 e. The summed E-state index contributed by atoms with van der Waals surface area (Å²) in [4.78, 5) is 2.83. The Kier molecular flexibility index (Phi) is 4.97. The minimum absolute atomic E-state index is 0.660. The molecule has 1 saturated carbocycles. The number of piperazine rings is 1. The molecule has 1 aromatic carbocycles. The maximum atomic E-state index is 3.84. The SMILES string of the molecule is CCC(CC)N1CC(C2CC2)NCC1Cc1ccccc1. The van der Waals surface area contributed by atoms with E-state index in [9.17, 15) is 0 Å². The Morgan fingerprint density at radius 2 is 1.86 bits per heavy atom. The van der Waals surface area contributed by atoms with Crippen LogP contribution in [-0.4, -0.2) is 36.1 Å². The molecule has 3 rings (SSSR count). The predicted molar refractivity (Wildman–Crippen MR) is 89.5 cm³/mol. The molecule has 2 aliphatic rings. The monoisotopic (exact) mass is 286 g/mol. The molecule has 1 aliphatic heterocycles. The Hall–Kier alpha value is -0.860. The molecule has 116 valence electrons. The maximum Gasteiger partial charge on any atom is 0.0264 e. The van der Waals surface area contributed by atoms with Crippen LogP contribution in [0.5, 0.6) is 0 Å². The summed E-state index contributed by atoms with van der Waals surface area (Å²) in [7, 11) is 0. The lowest BCUT2D eigenvalue weighted by molar-refractivity contribution is 0.0710. The van der Waals surface area contributed by atoms with Gasteiger partial charge in [0.15, 0.2) is 0 Å². The highest BCUT2D eigenvalue weighted by Gasteiger charge is 2.38.